The molecule has 182 valence electrons. The van der Waals surface area contributed by atoms with Gasteiger partial charge in [-0.3, -0.25) is 4.79 Å². The SMILES string of the molecule is CCC1CCC2C(CCC3(C)C2CC[C@]3(O)C(=O)CCl)C1(C)CC/C=C(/C)N1CCCC1. The van der Waals surface area contributed by atoms with E-state index in [1.165, 1.54) is 63.7 Å². The average molecular weight is 464 g/mol. The molecule has 1 heterocycles. The molecule has 0 spiro atoms. The highest BCUT2D eigenvalue weighted by Gasteiger charge is 2.65. The van der Waals surface area contributed by atoms with Crippen molar-refractivity contribution in [2.24, 2.45) is 34.5 Å². The lowest BCUT2D eigenvalue weighted by Gasteiger charge is -2.60. The Hall–Kier alpha value is -0.540. The van der Waals surface area contributed by atoms with Crippen molar-refractivity contribution >= 4 is 17.4 Å². The first-order chi connectivity index (χ1) is 15.2. The third-order valence-electron chi connectivity index (χ3n) is 11.0. The lowest BCUT2D eigenvalue weighted by molar-refractivity contribution is -0.165. The maximum Gasteiger partial charge on any atom is 0.179 e. The van der Waals surface area contributed by atoms with E-state index in [9.17, 15) is 9.90 Å². The molecule has 4 aliphatic rings. The monoisotopic (exact) mass is 463 g/mol. The second-order valence-electron chi connectivity index (χ2n) is 12.1. The molecular formula is C28H46ClNO2. The van der Waals surface area contributed by atoms with Gasteiger partial charge >= 0.3 is 0 Å². The summed E-state index contributed by atoms with van der Waals surface area (Å²) in [5.74, 6) is 2.40. The lowest BCUT2D eigenvalue weighted by atomic mass is 9.45. The molecule has 1 aliphatic heterocycles. The van der Waals surface area contributed by atoms with Crippen LogP contribution in [0.25, 0.3) is 0 Å². The number of hydrogen-bond donors (Lipinski definition) is 1. The van der Waals surface area contributed by atoms with Crippen molar-refractivity contribution in [3.8, 4) is 0 Å². The van der Waals surface area contributed by atoms with Gasteiger partial charge < -0.3 is 10.0 Å². The number of aliphatic hydroxyl groups is 1. The highest BCUT2D eigenvalue weighted by atomic mass is 35.5. The predicted molar refractivity (Wildman–Crippen MR) is 133 cm³/mol. The van der Waals surface area contributed by atoms with Gasteiger partial charge in [0.05, 0.1) is 5.88 Å². The van der Waals surface area contributed by atoms with Crippen LogP contribution in [-0.4, -0.2) is 40.4 Å². The van der Waals surface area contributed by atoms with Crippen molar-refractivity contribution in [3.05, 3.63) is 11.8 Å². The van der Waals surface area contributed by atoms with Gasteiger partial charge in [-0.05, 0) is 100 Å². The summed E-state index contributed by atoms with van der Waals surface area (Å²) >= 11 is 5.95. The Labute approximate surface area is 201 Å². The first-order valence-corrected chi connectivity index (χ1v) is 14.0. The molecule has 4 fully saturated rings. The summed E-state index contributed by atoms with van der Waals surface area (Å²) in [4.78, 5) is 15.3. The zero-order valence-corrected chi connectivity index (χ0v) is 21.7. The molecule has 4 heteroatoms. The average Bonchev–Trinajstić information content (AvgIpc) is 3.41. The molecule has 0 radical (unpaired) electrons. The molecule has 0 amide bonds. The van der Waals surface area contributed by atoms with Crippen LogP contribution >= 0.6 is 11.6 Å². The Morgan fingerprint density at radius 3 is 2.44 bits per heavy atom. The normalized spacial score (nSPS) is 44.4. The first kappa shape index (κ1) is 24.6. The van der Waals surface area contributed by atoms with Gasteiger partial charge in [0.15, 0.2) is 5.78 Å². The molecule has 6 unspecified atom stereocenters. The fourth-order valence-corrected chi connectivity index (χ4v) is 9.19. The molecule has 3 nitrogen and oxygen atoms in total. The van der Waals surface area contributed by atoms with Crippen molar-refractivity contribution < 1.29 is 9.90 Å². The van der Waals surface area contributed by atoms with Crippen molar-refractivity contribution in [1.29, 1.82) is 0 Å². The van der Waals surface area contributed by atoms with Crippen molar-refractivity contribution in [2.45, 2.75) is 104 Å². The van der Waals surface area contributed by atoms with Crippen LogP contribution in [0.1, 0.15) is 98.3 Å². The summed E-state index contributed by atoms with van der Waals surface area (Å²) in [6.07, 6.45) is 15.2. The van der Waals surface area contributed by atoms with Crippen LogP contribution < -0.4 is 0 Å². The smallest absolute Gasteiger partial charge is 0.179 e. The van der Waals surface area contributed by atoms with Gasteiger partial charge in [-0.25, -0.2) is 0 Å². The fourth-order valence-electron chi connectivity index (χ4n) is 8.97. The molecule has 0 bridgehead atoms. The summed E-state index contributed by atoms with van der Waals surface area (Å²) < 4.78 is 0. The van der Waals surface area contributed by atoms with Crippen molar-refractivity contribution in [3.63, 3.8) is 0 Å². The second kappa shape index (κ2) is 9.25. The molecule has 1 N–H and O–H groups in total. The number of fused-ring (bicyclic) bond motifs is 3. The summed E-state index contributed by atoms with van der Waals surface area (Å²) in [5.41, 5.74) is 0.325. The predicted octanol–water partition coefficient (Wildman–Crippen LogP) is 6.57. The number of ketones is 1. The van der Waals surface area contributed by atoms with Crippen molar-refractivity contribution in [2.75, 3.05) is 19.0 Å². The van der Waals surface area contributed by atoms with E-state index in [-0.39, 0.29) is 17.1 Å². The summed E-state index contributed by atoms with van der Waals surface area (Å²) in [6.45, 7) is 11.9. The molecule has 3 aliphatic carbocycles. The molecule has 0 aromatic heterocycles. The minimum atomic E-state index is -1.21. The van der Waals surface area contributed by atoms with Crippen LogP contribution in [0.3, 0.4) is 0 Å². The van der Waals surface area contributed by atoms with E-state index in [0.717, 1.165) is 25.2 Å². The van der Waals surface area contributed by atoms with Gasteiger partial charge in [-0.2, -0.15) is 0 Å². The van der Waals surface area contributed by atoms with Crippen molar-refractivity contribution in [1.82, 2.24) is 4.90 Å². The minimum Gasteiger partial charge on any atom is -0.381 e. The number of hydrogen-bond acceptors (Lipinski definition) is 3. The Morgan fingerprint density at radius 1 is 1.09 bits per heavy atom. The highest BCUT2D eigenvalue weighted by Crippen LogP contribution is 2.67. The van der Waals surface area contributed by atoms with E-state index in [4.69, 9.17) is 11.6 Å². The maximum absolute atomic E-state index is 12.7. The van der Waals surface area contributed by atoms with E-state index in [1.54, 1.807) is 0 Å². The molecule has 3 saturated carbocycles. The highest BCUT2D eigenvalue weighted by molar-refractivity contribution is 6.28. The van der Waals surface area contributed by atoms with Gasteiger partial charge in [0.25, 0.3) is 0 Å². The number of alkyl halides is 1. The first-order valence-electron chi connectivity index (χ1n) is 13.4. The Morgan fingerprint density at radius 2 is 1.78 bits per heavy atom. The van der Waals surface area contributed by atoms with Gasteiger partial charge in [-0.1, -0.05) is 33.3 Å². The Balaban J connectivity index is 1.53. The standard InChI is InChI=1S/C28H46ClNO2/c1-5-21-10-11-22-23(26(21,3)14-8-9-20(2)30-17-6-7-18-30)12-15-27(4)24(22)13-16-28(27,32)25(31)19-29/h9,21-24,32H,5-8,10-19H2,1-4H3/b20-9-/t21?,22?,23?,24?,26?,27?,28-/m0/s1. The van der Waals surface area contributed by atoms with Gasteiger partial charge in [-0.15, -0.1) is 11.6 Å². The van der Waals surface area contributed by atoms with Crippen LogP contribution in [0.5, 0.6) is 0 Å². The lowest BCUT2D eigenvalue weighted by Crippen LogP contribution is -2.58. The molecule has 0 aromatic rings. The zero-order valence-electron chi connectivity index (χ0n) is 21.0. The van der Waals surface area contributed by atoms with Gasteiger partial charge in [0.1, 0.15) is 5.60 Å². The van der Waals surface area contributed by atoms with Crippen LogP contribution in [0.15, 0.2) is 11.8 Å². The van der Waals surface area contributed by atoms with E-state index in [0.29, 0.717) is 29.6 Å². The number of likely N-dealkylation sites (tertiary alicyclic amines) is 1. The number of carbonyl (C=O) groups is 1. The summed E-state index contributed by atoms with van der Waals surface area (Å²) in [7, 11) is 0. The summed E-state index contributed by atoms with van der Waals surface area (Å²) in [5, 5.41) is 11.5. The molecular weight excluding hydrogens is 418 g/mol. The molecule has 32 heavy (non-hydrogen) atoms. The number of allylic oxidation sites excluding steroid dienone is 2. The summed E-state index contributed by atoms with van der Waals surface area (Å²) in [6, 6.07) is 0. The van der Waals surface area contributed by atoms with Crippen LogP contribution in [0.2, 0.25) is 0 Å². The maximum atomic E-state index is 12.7. The number of nitrogens with zero attached hydrogens (tertiary/aromatic N) is 1. The minimum absolute atomic E-state index is 0.0643. The number of halogens is 1. The number of rotatable bonds is 7. The topological polar surface area (TPSA) is 40.5 Å². The molecule has 0 aromatic carbocycles. The van der Waals surface area contributed by atoms with Crippen LogP contribution in [0, 0.1) is 34.5 Å². The van der Waals surface area contributed by atoms with E-state index in [2.05, 4.69) is 38.7 Å². The number of Topliss-reactive ketones (excluding diaryl/α,β-unsaturated/α-hetero) is 1. The third kappa shape index (κ3) is 3.78. The quantitative estimate of drug-likeness (QED) is 0.434. The van der Waals surface area contributed by atoms with Gasteiger partial charge in [0.2, 0.25) is 0 Å². The third-order valence-corrected chi connectivity index (χ3v) is 11.3. The largest absolute Gasteiger partial charge is 0.381 e. The van der Waals surface area contributed by atoms with E-state index < -0.39 is 5.60 Å². The van der Waals surface area contributed by atoms with E-state index >= 15 is 0 Å². The molecule has 1 saturated heterocycles. The van der Waals surface area contributed by atoms with E-state index in [1.807, 2.05) is 0 Å². The molecule has 4 rings (SSSR count). The van der Waals surface area contributed by atoms with Gasteiger partial charge in [0, 0.05) is 24.2 Å². The zero-order chi connectivity index (χ0) is 23.1. The fraction of sp³-hybridized carbons (Fsp3) is 0.893. The second-order valence-corrected chi connectivity index (χ2v) is 12.3. The number of carbonyl (C=O) groups excluding carboxylic acids is 1. The molecule has 7 atom stereocenters. The Bertz CT molecular complexity index is 731. The van der Waals surface area contributed by atoms with Crippen LogP contribution in [-0.2, 0) is 4.79 Å². The van der Waals surface area contributed by atoms with Crippen LogP contribution in [0.4, 0.5) is 0 Å². The Kier molecular flexibility index (Phi) is 7.11.